The normalized spacial score (nSPS) is 10.2. The molecule has 0 aliphatic rings. The highest BCUT2D eigenvalue weighted by molar-refractivity contribution is 7.09. The Morgan fingerprint density at radius 1 is 1.47 bits per heavy atom. The van der Waals surface area contributed by atoms with Crippen LogP contribution in [0.4, 0.5) is 0 Å². The van der Waals surface area contributed by atoms with Gasteiger partial charge in [0.25, 0.3) is 0 Å². The van der Waals surface area contributed by atoms with Gasteiger partial charge in [0.1, 0.15) is 5.75 Å². The number of hydrogen-bond acceptors (Lipinski definition) is 4. The molecule has 1 aromatic carbocycles. The second-order valence-corrected chi connectivity index (χ2v) is 5.43. The molecule has 3 nitrogen and oxygen atoms in total. The van der Waals surface area contributed by atoms with Crippen LogP contribution in [0.25, 0.3) is 0 Å². The molecule has 1 aromatic heterocycles. The maximum atomic E-state index is 8.58. The van der Waals surface area contributed by atoms with Crippen molar-refractivity contribution in [2.24, 2.45) is 0 Å². The summed E-state index contributed by atoms with van der Waals surface area (Å²) in [7, 11) is 0. The lowest BCUT2D eigenvalue weighted by Gasteiger charge is -2.06. The maximum Gasteiger partial charge on any atom is 0.119 e. The highest BCUT2D eigenvalue weighted by Gasteiger charge is 2.03. The number of nitriles is 1. The number of aromatic nitrogens is 1. The summed E-state index contributed by atoms with van der Waals surface area (Å²) in [5, 5.41) is 12.2. The average molecular weight is 293 g/mol. The molecule has 2 rings (SSSR count). The van der Waals surface area contributed by atoms with Crippen LogP contribution in [0.2, 0.25) is 5.02 Å². The average Bonchev–Trinajstić information content (AvgIpc) is 2.82. The van der Waals surface area contributed by atoms with E-state index < -0.39 is 0 Å². The van der Waals surface area contributed by atoms with E-state index >= 15 is 0 Å². The van der Waals surface area contributed by atoms with Gasteiger partial charge in [0.15, 0.2) is 0 Å². The Bertz CT molecular complexity index is 604. The molecule has 0 atom stereocenters. The molecule has 0 unspecified atom stereocenters. The number of nitrogens with zero attached hydrogens (tertiary/aromatic N) is 2. The van der Waals surface area contributed by atoms with Gasteiger partial charge in [-0.1, -0.05) is 11.6 Å². The Kier molecular flexibility index (Phi) is 4.78. The second-order valence-electron chi connectivity index (χ2n) is 4.08. The first kappa shape index (κ1) is 13.9. The van der Waals surface area contributed by atoms with Gasteiger partial charge in [0.2, 0.25) is 0 Å². The summed E-state index contributed by atoms with van der Waals surface area (Å²) in [6.45, 7) is 2.52. The Morgan fingerprint density at radius 2 is 2.32 bits per heavy atom. The summed E-state index contributed by atoms with van der Waals surface area (Å²) in [5.41, 5.74) is 1.84. The molecule has 0 spiro atoms. The molecule has 19 heavy (non-hydrogen) atoms. The summed E-state index contributed by atoms with van der Waals surface area (Å²) in [4.78, 5) is 4.36. The maximum absolute atomic E-state index is 8.58. The number of thiazole rings is 1. The first-order valence-corrected chi connectivity index (χ1v) is 7.14. The van der Waals surface area contributed by atoms with E-state index in [0.717, 1.165) is 33.5 Å². The smallest absolute Gasteiger partial charge is 0.119 e. The van der Waals surface area contributed by atoms with E-state index in [0.29, 0.717) is 13.0 Å². The van der Waals surface area contributed by atoms with E-state index in [-0.39, 0.29) is 0 Å². The van der Waals surface area contributed by atoms with Crippen molar-refractivity contribution in [2.45, 2.75) is 19.8 Å². The van der Waals surface area contributed by atoms with Gasteiger partial charge in [0.05, 0.1) is 29.8 Å². The Balaban J connectivity index is 1.85. The summed E-state index contributed by atoms with van der Waals surface area (Å²) in [5.74, 6) is 0.815. The van der Waals surface area contributed by atoms with Crippen LogP contribution in [0.3, 0.4) is 0 Å². The molecule has 0 aliphatic carbocycles. The van der Waals surface area contributed by atoms with Crippen LogP contribution in [-0.2, 0) is 12.8 Å². The van der Waals surface area contributed by atoms with E-state index in [2.05, 4.69) is 11.1 Å². The molecule has 1 heterocycles. The molecule has 2 aromatic rings. The molecule has 0 fully saturated rings. The third kappa shape index (κ3) is 3.95. The lowest BCUT2D eigenvalue weighted by Crippen LogP contribution is -2.01. The highest BCUT2D eigenvalue weighted by atomic mass is 35.5. The lowest BCUT2D eigenvalue weighted by molar-refractivity contribution is 0.321. The van der Waals surface area contributed by atoms with Crippen LogP contribution in [0, 0.1) is 18.3 Å². The van der Waals surface area contributed by atoms with E-state index in [9.17, 15) is 0 Å². The molecule has 0 N–H and O–H groups in total. The van der Waals surface area contributed by atoms with Gasteiger partial charge >= 0.3 is 0 Å². The van der Waals surface area contributed by atoms with Crippen molar-refractivity contribution in [3.63, 3.8) is 0 Å². The number of ether oxygens (including phenoxy) is 1. The van der Waals surface area contributed by atoms with Crippen molar-refractivity contribution >= 4 is 22.9 Å². The standard InChI is InChI=1S/C14H13ClN2OS/c1-10-8-12(2-3-13(10)15)18-7-5-14-17-11(4-6-16)9-19-14/h2-3,8-9H,4-5,7H2,1H3. The Hall–Kier alpha value is -1.57. The molecule has 0 amide bonds. The zero-order chi connectivity index (χ0) is 13.7. The quantitative estimate of drug-likeness (QED) is 0.842. The molecule has 0 bridgehead atoms. The minimum Gasteiger partial charge on any atom is -0.493 e. The summed E-state index contributed by atoms with van der Waals surface area (Å²) in [6.07, 6.45) is 1.12. The van der Waals surface area contributed by atoms with Crippen LogP contribution < -0.4 is 4.74 Å². The molecule has 98 valence electrons. The molecule has 0 aliphatic heterocycles. The number of hydrogen-bond donors (Lipinski definition) is 0. The third-order valence-corrected chi connectivity index (χ3v) is 3.96. The van der Waals surface area contributed by atoms with Crippen molar-refractivity contribution in [2.75, 3.05) is 6.61 Å². The second kappa shape index (κ2) is 6.55. The lowest BCUT2D eigenvalue weighted by atomic mass is 10.2. The number of halogens is 1. The fourth-order valence-electron chi connectivity index (χ4n) is 1.59. The summed E-state index contributed by atoms with van der Waals surface area (Å²) in [6, 6.07) is 7.71. The molecular weight excluding hydrogens is 280 g/mol. The van der Waals surface area contributed by atoms with Crippen molar-refractivity contribution in [1.82, 2.24) is 4.98 Å². The van der Waals surface area contributed by atoms with Crippen molar-refractivity contribution < 1.29 is 4.74 Å². The van der Waals surface area contributed by atoms with Crippen LogP contribution in [-0.4, -0.2) is 11.6 Å². The third-order valence-electron chi connectivity index (χ3n) is 2.57. The van der Waals surface area contributed by atoms with Gasteiger partial charge in [0, 0.05) is 16.8 Å². The minimum atomic E-state index is 0.369. The monoisotopic (exact) mass is 292 g/mol. The predicted octanol–water partition coefficient (Wildman–Crippen LogP) is 3.79. The van der Waals surface area contributed by atoms with Gasteiger partial charge < -0.3 is 4.74 Å². The van der Waals surface area contributed by atoms with Gasteiger partial charge in [-0.15, -0.1) is 11.3 Å². The van der Waals surface area contributed by atoms with Crippen LogP contribution in [0.15, 0.2) is 23.6 Å². The van der Waals surface area contributed by atoms with Crippen molar-refractivity contribution in [3.8, 4) is 11.8 Å². The van der Waals surface area contributed by atoms with Crippen LogP contribution >= 0.6 is 22.9 Å². The predicted molar refractivity (Wildman–Crippen MR) is 76.8 cm³/mol. The molecule has 5 heteroatoms. The summed E-state index contributed by atoms with van der Waals surface area (Å²) < 4.78 is 5.66. The van der Waals surface area contributed by atoms with Gasteiger partial charge in [-0.2, -0.15) is 5.26 Å². The van der Waals surface area contributed by atoms with Crippen LogP contribution in [0.5, 0.6) is 5.75 Å². The fourth-order valence-corrected chi connectivity index (χ4v) is 2.49. The first-order chi connectivity index (χ1) is 9.19. The van der Waals surface area contributed by atoms with Gasteiger partial charge in [-0.3, -0.25) is 0 Å². The number of benzene rings is 1. The molecular formula is C14H13ClN2OS. The number of aryl methyl sites for hydroxylation is 1. The van der Waals surface area contributed by atoms with E-state index in [4.69, 9.17) is 21.6 Å². The Morgan fingerprint density at radius 3 is 3.05 bits per heavy atom. The topological polar surface area (TPSA) is 45.9 Å². The molecule has 0 saturated carbocycles. The zero-order valence-corrected chi connectivity index (χ0v) is 12.1. The van der Waals surface area contributed by atoms with Gasteiger partial charge in [-0.05, 0) is 30.7 Å². The highest BCUT2D eigenvalue weighted by Crippen LogP contribution is 2.21. The zero-order valence-electron chi connectivity index (χ0n) is 10.5. The van der Waals surface area contributed by atoms with E-state index in [1.165, 1.54) is 0 Å². The summed E-state index contributed by atoms with van der Waals surface area (Å²) >= 11 is 7.52. The van der Waals surface area contributed by atoms with Crippen molar-refractivity contribution in [3.05, 3.63) is 44.9 Å². The fraction of sp³-hybridized carbons (Fsp3) is 0.286. The van der Waals surface area contributed by atoms with Crippen LogP contribution in [0.1, 0.15) is 16.3 Å². The number of rotatable bonds is 5. The molecule has 0 saturated heterocycles. The SMILES string of the molecule is Cc1cc(OCCc2nc(CC#N)cs2)ccc1Cl. The largest absolute Gasteiger partial charge is 0.493 e. The first-order valence-electron chi connectivity index (χ1n) is 5.88. The Labute approximate surface area is 121 Å². The van der Waals surface area contributed by atoms with Crippen molar-refractivity contribution in [1.29, 1.82) is 5.26 Å². The van der Waals surface area contributed by atoms with Gasteiger partial charge in [-0.25, -0.2) is 4.98 Å². The molecule has 0 radical (unpaired) electrons. The van der Waals surface area contributed by atoms with E-state index in [1.54, 1.807) is 11.3 Å². The van der Waals surface area contributed by atoms with E-state index in [1.807, 2.05) is 30.5 Å². The minimum absolute atomic E-state index is 0.369.